The lowest BCUT2D eigenvalue weighted by Crippen LogP contribution is -2.50. The number of nitrogens with zero attached hydrogens (tertiary/aromatic N) is 1. The number of halogens is 3. The molecule has 0 bridgehead atoms. The Bertz CT molecular complexity index is 525. The molecule has 1 aromatic rings. The maximum atomic E-state index is 12.2. The van der Waals surface area contributed by atoms with Crippen LogP contribution in [0, 0.1) is 0 Å². The quantitative estimate of drug-likeness (QED) is 0.816. The van der Waals surface area contributed by atoms with Crippen LogP contribution in [0.3, 0.4) is 0 Å². The van der Waals surface area contributed by atoms with Crippen molar-refractivity contribution in [3.8, 4) is 0 Å². The molecule has 2 rings (SSSR count). The van der Waals surface area contributed by atoms with Crippen LogP contribution in [0.2, 0.25) is 0 Å². The molecule has 0 aromatic heterocycles. The topological polar surface area (TPSA) is 61.8 Å². The van der Waals surface area contributed by atoms with E-state index in [1.54, 1.807) is 0 Å². The van der Waals surface area contributed by atoms with Crippen LogP contribution >= 0.6 is 0 Å². The van der Waals surface area contributed by atoms with E-state index in [1.165, 1.54) is 0 Å². The summed E-state index contributed by atoms with van der Waals surface area (Å²) in [5, 5.41) is 11.3. The molecule has 1 amide bonds. The monoisotopic (exact) mass is 346 g/mol. The smallest absolute Gasteiger partial charge is 0.384 e. The Morgan fingerprint density at radius 3 is 2.75 bits per heavy atom. The zero-order chi connectivity index (χ0) is 17.6. The molecular weight excluding hydrogens is 325 g/mol. The van der Waals surface area contributed by atoms with Gasteiger partial charge in [0.05, 0.1) is 6.61 Å². The second-order valence-electron chi connectivity index (χ2n) is 5.72. The lowest BCUT2D eigenvalue weighted by Gasteiger charge is -2.32. The number of morpholine rings is 1. The zero-order valence-electron chi connectivity index (χ0n) is 13.1. The van der Waals surface area contributed by atoms with E-state index >= 15 is 0 Å². The highest BCUT2D eigenvalue weighted by Gasteiger charge is 2.37. The normalized spacial score (nSPS) is 20.6. The largest absolute Gasteiger partial charge is 0.414 e. The highest BCUT2D eigenvalue weighted by Crippen LogP contribution is 2.21. The van der Waals surface area contributed by atoms with E-state index in [9.17, 15) is 18.0 Å². The van der Waals surface area contributed by atoms with Gasteiger partial charge in [-0.1, -0.05) is 30.3 Å². The molecular formula is C16H21F3N2O3. The van der Waals surface area contributed by atoms with Crippen LogP contribution < -0.4 is 5.32 Å². The molecule has 0 aliphatic carbocycles. The Morgan fingerprint density at radius 2 is 2.08 bits per heavy atom. The van der Waals surface area contributed by atoms with E-state index in [0.717, 1.165) is 5.56 Å². The lowest BCUT2D eigenvalue weighted by molar-refractivity contribution is -0.205. The summed E-state index contributed by atoms with van der Waals surface area (Å²) >= 11 is 0. The molecule has 0 saturated carbocycles. The van der Waals surface area contributed by atoms with E-state index in [1.807, 2.05) is 30.3 Å². The van der Waals surface area contributed by atoms with Gasteiger partial charge in [-0.3, -0.25) is 9.69 Å². The van der Waals surface area contributed by atoms with Crippen LogP contribution in [-0.2, 0) is 16.1 Å². The van der Waals surface area contributed by atoms with Crippen molar-refractivity contribution in [3.63, 3.8) is 0 Å². The third-order valence-electron chi connectivity index (χ3n) is 3.79. The van der Waals surface area contributed by atoms with Crippen molar-refractivity contribution in [3.05, 3.63) is 35.9 Å². The Kier molecular flexibility index (Phi) is 6.59. The molecule has 1 fully saturated rings. The molecule has 5 nitrogen and oxygen atoms in total. The number of aliphatic hydroxyl groups is 1. The minimum absolute atomic E-state index is 0.252. The van der Waals surface area contributed by atoms with E-state index in [-0.39, 0.29) is 6.54 Å². The molecule has 8 heteroatoms. The SMILES string of the molecule is O=C(NCCC(O)C(F)(F)F)C1CN(Cc2ccccc2)CCO1. The third-order valence-corrected chi connectivity index (χ3v) is 3.79. The van der Waals surface area contributed by atoms with Crippen LogP contribution in [0.4, 0.5) is 13.2 Å². The van der Waals surface area contributed by atoms with Crippen molar-refractivity contribution < 1.29 is 27.8 Å². The highest BCUT2D eigenvalue weighted by molar-refractivity contribution is 5.81. The van der Waals surface area contributed by atoms with Gasteiger partial charge < -0.3 is 15.2 Å². The van der Waals surface area contributed by atoms with E-state index in [0.29, 0.717) is 26.2 Å². The molecule has 1 heterocycles. The highest BCUT2D eigenvalue weighted by atomic mass is 19.4. The maximum Gasteiger partial charge on any atom is 0.414 e. The van der Waals surface area contributed by atoms with Crippen molar-refractivity contribution in [2.75, 3.05) is 26.2 Å². The Hall–Kier alpha value is -1.64. The predicted molar refractivity (Wildman–Crippen MR) is 81.1 cm³/mol. The second-order valence-corrected chi connectivity index (χ2v) is 5.72. The summed E-state index contributed by atoms with van der Waals surface area (Å²) < 4.78 is 42.0. The van der Waals surface area contributed by atoms with Gasteiger partial charge in [-0.05, 0) is 12.0 Å². The molecule has 1 saturated heterocycles. The molecule has 1 aliphatic heterocycles. The number of aliphatic hydroxyl groups excluding tert-OH is 1. The first-order valence-electron chi connectivity index (χ1n) is 7.76. The van der Waals surface area contributed by atoms with E-state index in [2.05, 4.69) is 10.2 Å². The lowest BCUT2D eigenvalue weighted by atomic mass is 10.2. The van der Waals surface area contributed by atoms with Gasteiger partial charge in [0.25, 0.3) is 0 Å². The van der Waals surface area contributed by atoms with Crippen molar-refractivity contribution in [2.24, 2.45) is 0 Å². The van der Waals surface area contributed by atoms with Crippen LogP contribution in [0.15, 0.2) is 30.3 Å². The van der Waals surface area contributed by atoms with E-state index < -0.39 is 30.7 Å². The fourth-order valence-corrected chi connectivity index (χ4v) is 2.46. The molecule has 2 N–H and O–H groups in total. The van der Waals surface area contributed by atoms with Gasteiger partial charge in [0.2, 0.25) is 5.91 Å². The van der Waals surface area contributed by atoms with Gasteiger partial charge in [0.15, 0.2) is 6.10 Å². The summed E-state index contributed by atoms with van der Waals surface area (Å²) in [4.78, 5) is 14.1. The number of alkyl halides is 3. The summed E-state index contributed by atoms with van der Waals surface area (Å²) in [5.41, 5.74) is 1.12. The zero-order valence-corrected chi connectivity index (χ0v) is 13.1. The number of hydrogen-bond donors (Lipinski definition) is 2. The standard InChI is InChI=1S/C16H21F3N2O3/c17-16(18,19)14(22)6-7-20-15(23)13-11-21(8-9-24-13)10-12-4-2-1-3-5-12/h1-5,13-14,22H,6-11H2,(H,20,23). The van der Waals surface area contributed by atoms with Crippen molar-refractivity contribution >= 4 is 5.91 Å². The van der Waals surface area contributed by atoms with Gasteiger partial charge in [-0.15, -0.1) is 0 Å². The molecule has 24 heavy (non-hydrogen) atoms. The molecule has 0 radical (unpaired) electrons. The molecule has 2 atom stereocenters. The minimum Gasteiger partial charge on any atom is -0.384 e. The van der Waals surface area contributed by atoms with Gasteiger partial charge in [0.1, 0.15) is 6.10 Å². The average Bonchev–Trinajstić information content (AvgIpc) is 2.55. The second kappa shape index (κ2) is 8.46. The van der Waals surface area contributed by atoms with Crippen LogP contribution in [0.1, 0.15) is 12.0 Å². The van der Waals surface area contributed by atoms with Crippen LogP contribution in [0.5, 0.6) is 0 Å². The van der Waals surface area contributed by atoms with Crippen molar-refractivity contribution in [2.45, 2.75) is 31.3 Å². The fourth-order valence-electron chi connectivity index (χ4n) is 2.46. The number of hydrogen-bond acceptors (Lipinski definition) is 4. The molecule has 0 spiro atoms. The summed E-state index contributed by atoms with van der Waals surface area (Å²) in [6, 6.07) is 9.78. The third kappa shape index (κ3) is 5.77. The number of benzene rings is 1. The molecule has 134 valence electrons. The summed E-state index contributed by atoms with van der Waals surface area (Å²) in [6.07, 6.45) is -8.39. The number of rotatable bonds is 6. The number of nitrogens with one attached hydrogen (secondary N) is 1. The van der Waals surface area contributed by atoms with Gasteiger partial charge >= 0.3 is 6.18 Å². The summed E-state index contributed by atoms with van der Waals surface area (Å²) in [6.45, 7) is 1.88. The van der Waals surface area contributed by atoms with Crippen molar-refractivity contribution in [1.82, 2.24) is 10.2 Å². The maximum absolute atomic E-state index is 12.2. The number of ether oxygens (including phenoxy) is 1. The summed E-state index contributed by atoms with van der Waals surface area (Å²) in [7, 11) is 0. The van der Waals surface area contributed by atoms with Gasteiger partial charge in [-0.2, -0.15) is 13.2 Å². The first kappa shape index (κ1) is 18.7. The Labute approximate surface area is 138 Å². The predicted octanol–water partition coefficient (Wildman–Crippen LogP) is 1.32. The summed E-state index contributed by atoms with van der Waals surface area (Å²) in [5.74, 6) is -0.456. The average molecular weight is 346 g/mol. The van der Waals surface area contributed by atoms with Gasteiger partial charge in [-0.25, -0.2) is 0 Å². The first-order valence-corrected chi connectivity index (χ1v) is 7.76. The molecule has 1 aliphatic rings. The first-order chi connectivity index (χ1) is 11.4. The van der Waals surface area contributed by atoms with Gasteiger partial charge in [0, 0.05) is 26.2 Å². The number of carbonyl (C=O) groups is 1. The van der Waals surface area contributed by atoms with E-state index in [4.69, 9.17) is 9.84 Å². The van der Waals surface area contributed by atoms with Crippen LogP contribution in [-0.4, -0.2) is 60.5 Å². The van der Waals surface area contributed by atoms with Crippen LogP contribution in [0.25, 0.3) is 0 Å². The number of amides is 1. The fraction of sp³-hybridized carbons (Fsp3) is 0.562. The Balaban J connectivity index is 1.76. The Morgan fingerprint density at radius 1 is 1.38 bits per heavy atom. The number of carbonyl (C=O) groups excluding carboxylic acids is 1. The molecule has 2 unspecified atom stereocenters. The molecule has 1 aromatic carbocycles. The minimum atomic E-state index is -4.67. The van der Waals surface area contributed by atoms with Crippen molar-refractivity contribution in [1.29, 1.82) is 0 Å².